The number of hydrogen-bond donors (Lipinski definition) is 2. The summed E-state index contributed by atoms with van der Waals surface area (Å²) in [6.45, 7) is 7.08. The Kier molecular flexibility index (Phi) is 6.64. The van der Waals surface area contributed by atoms with Gasteiger partial charge in [0.05, 0.1) is 0 Å². The van der Waals surface area contributed by atoms with E-state index in [1.165, 1.54) is 64.6 Å². The quantitative estimate of drug-likeness (QED) is 0.555. The van der Waals surface area contributed by atoms with Gasteiger partial charge in [-0.25, -0.2) is 0 Å². The summed E-state index contributed by atoms with van der Waals surface area (Å²) in [5.41, 5.74) is 0. The number of rotatable bonds is 7. The SMILES string of the molecule is CCCCN1CCC(NC(=NC)NCCC2CC2)CC1. The molecule has 4 nitrogen and oxygen atoms in total. The molecule has 0 atom stereocenters. The van der Waals surface area contributed by atoms with Crippen LogP contribution in [0.2, 0.25) is 0 Å². The molecule has 1 aliphatic heterocycles. The van der Waals surface area contributed by atoms with Gasteiger partial charge in [-0.2, -0.15) is 0 Å². The first kappa shape index (κ1) is 15.6. The molecule has 2 N–H and O–H groups in total. The molecule has 0 aromatic rings. The van der Waals surface area contributed by atoms with E-state index in [2.05, 4.69) is 27.4 Å². The van der Waals surface area contributed by atoms with Gasteiger partial charge in [0, 0.05) is 32.7 Å². The van der Waals surface area contributed by atoms with Gasteiger partial charge in [0.1, 0.15) is 0 Å². The number of likely N-dealkylation sites (tertiary alicyclic amines) is 1. The van der Waals surface area contributed by atoms with Crippen molar-refractivity contribution in [2.45, 2.75) is 57.9 Å². The summed E-state index contributed by atoms with van der Waals surface area (Å²) in [6, 6.07) is 0.597. The molecule has 1 saturated heterocycles. The third-order valence-corrected chi connectivity index (χ3v) is 4.52. The van der Waals surface area contributed by atoms with Crippen LogP contribution in [0.3, 0.4) is 0 Å². The molecule has 4 heteroatoms. The predicted molar refractivity (Wildman–Crippen MR) is 86.2 cm³/mol. The maximum atomic E-state index is 4.35. The van der Waals surface area contributed by atoms with Gasteiger partial charge >= 0.3 is 0 Å². The minimum Gasteiger partial charge on any atom is -0.356 e. The smallest absolute Gasteiger partial charge is 0.191 e. The van der Waals surface area contributed by atoms with Crippen LogP contribution in [0.4, 0.5) is 0 Å². The van der Waals surface area contributed by atoms with Crippen LogP contribution in [0, 0.1) is 5.92 Å². The van der Waals surface area contributed by atoms with Crippen molar-refractivity contribution in [2.24, 2.45) is 10.9 Å². The summed E-state index contributed by atoms with van der Waals surface area (Å²) in [5, 5.41) is 7.05. The number of nitrogens with one attached hydrogen (secondary N) is 2. The normalized spacial score (nSPS) is 22.0. The van der Waals surface area contributed by atoms with Crippen molar-refractivity contribution in [1.29, 1.82) is 0 Å². The van der Waals surface area contributed by atoms with Gasteiger partial charge in [-0.05, 0) is 38.1 Å². The van der Waals surface area contributed by atoms with Gasteiger partial charge < -0.3 is 15.5 Å². The number of guanidine groups is 1. The topological polar surface area (TPSA) is 39.7 Å². The first-order valence-electron chi connectivity index (χ1n) is 8.51. The molecular formula is C16H32N4. The monoisotopic (exact) mass is 280 g/mol. The Morgan fingerprint density at radius 1 is 1.20 bits per heavy atom. The molecule has 2 aliphatic rings. The molecule has 0 bridgehead atoms. The van der Waals surface area contributed by atoms with Gasteiger partial charge in [0.15, 0.2) is 5.96 Å². The second kappa shape index (κ2) is 8.50. The fraction of sp³-hybridized carbons (Fsp3) is 0.938. The van der Waals surface area contributed by atoms with Gasteiger partial charge in [0.25, 0.3) is 0 Å². The highest BCUT2D eigenvalue weighted by atomic mass is 15.2. The van der Waals surface area contributed by atoms with Crippen LogP contribution in [0.15, 0.2) is 4.99 Å². The maximum Gasteiger partial charge on any atom is 0.191 e. The minimum absolute atomic E-state index is 0.597. The van der Waals surface area contributed by atoms with Crippen LogP contribution in [-0.2, 0) is 0 Å². The number of aliphatic imine (C=N–C) groups is 1. The minimum atomic E-state index is 0.597. The van der Waals surface area contributed by atoms with E-state index in [9.17, 15) is 0 Å². The Morgan fingerprint density at radius 2 is 1.95 bits per heavy atom. The molecule has 1 aliphatic carbocycles. The summed E-state index contributed by atoms with van der Waals surface area (Å²) in [4.78, 5) is 6.95. The molecule has 1 heterocycles. The third-order valence-electron chi connectivity index (χ3n) is 4.52. The zero-order valence-electron chi connectivity index (χ0n) is 13.3. The molecule has 0 unspecified atom stereocenters. The van der Waals surface area contributed by atoms with E-state index in [1.54, 1.807) is 0 Å². The van der Waals surface area contributed by atoms with Gasteiger partial charge in [-0.3, -0.25) is 4.99 Å². The van der Waals surface area contributed by atoms with Crippen LogP contribution in [-0.4, -0.2) is 50.1 Å². The molecule has 0 aromatic carbocycles. The molecule has 1 saturated carbocycles. The molecule has 0 aromatic heterocycles. The van der Waals surface area contributed by atoms with Crippen molar-refractivity contribution in [3.05, 3.63) is 0 Å². The lowest BCUT2D eigenvalue weighted by Gasteiger charge is -2.33. The van der Waals surface area contributed by atoms with E-state index in [0.717, 1.165) is 18.4 Å². The van der Waals surface area contributed by atoms with E-state index in [4.69, 9.17) is 0 Å². The molecular weight excluding hydrogens is 248 g/mol. The van der Waals surface area contributed by atoms with E-state index in [-0.39, 0.29) is 0 Å². The Labute approximate surface area is 124 Å². The molecule has 0 radical (unpaired) electrons. The highest BCUT2D eigenvalue weighted by molar-refractivity contribution is 5.79. The lowest BCUT2D eigenvalue weighted by Crippen LogP contribution is -2.48. The Bertz CT molecular complexity index is 291. The molecule has 0 amide bonds. The second-order valence-corrected chi connectivity index (χ2v) is 6.34. The van der Waals surface area contributed by atoms with Crippen LogP contribution in [0.25, 0.3) is 0 Å². The van der Waals surface area contributed by atoms with Gasteiger partial charge in [-0.15, -0.1) is 0 Å². The largest absolute Gasteiger partial charge is 0.356 e. The summed E-state index contributed by atoms with van der Waals surface area (Å²) in [7, 11) is 1.88. The summed E-state index contributed by atoms with van der Waals surface area (Å²) < 4.78 is 0. The van der Waals surface area contributed by atoms with Crippen molar-refractivity contribution < 1.29 is 0 Å². The lowest BCUT2D eigenvalue weighted by molar-refractivity contribution is 0.203. The maximum absolute atomic E-state index is 4.35. The van der Waals surface area contributed by atoms with Crippen molar-refractivity contribution in [3.8, 4) is 0 Å². The fourth-order valence-corrected chi connectivity index (χ4v) is 2.87. The molecule has 2 fully saturated rings. The van der Waals surface area contributed by atoms with E-state index >= 15 is 0 Å². The van der Waals surface area contributed by atoms with Gasteiger partial charge in [-0.1, -0.05) is 26.2 Å². The lowest BCUT2D eigenvalue weighted by atomic mass is 10.0. The van der Waals surface area contributed by atoms with E-state index in [1.807, 2.05) is 7.05 Å². The zero-order chi connectivity index (χ0) is 14.2. The number of piperidine rings is 1. The van der Waals surface area contributed by atoms with Crippen LogP contribution in [0.5, 0.6) is 0 Å². The standard InChI is InChI=1S/C16H32N4/c1-3-4-11-20-12-8-15(9-13-20)19-16(17-2)18-10-7-14-5-6-14/h14-15H,3-13H2,1-2H3,(H2,17,18,19). The van der Waals surface area contributed by atoms with E-state index in [0.29, 0.717) is 6.04 Å². The van der Waals surface area contributed by atoms with Crippen molar-refractivity contribution in [2.75, 3.05) is 33.2 Å². The average molecular weight is 280 g/mol. The zero-order valence-corrected chi connectivity index (χ0v) is 13.3. The van der Waals surface area contributed by atoms with Crippen LogP contribution in [0.1, 0.15) is 51.9 Å². The highest BCUT2D eigenvalue weighted by Crippen LogP contribution is 2.31. The number of unbranched alkanes of at least 4 members (excludes halogenated alkanes) is 1. The van der Waals surface area contributed by atoms with Crippen LogP contribution < -0.4 is 10.6 Å². The second-order valence-electron chi connectivity index (χ2n) is 6.34. The molecule has 0 spiro atoms. The van der Waals surface area contributed by atoms with Crippen molar-refractivity contribution in [3.63, 3.8) is 0 Å². The number of hydrogen-bond acceptors (Lipinski definition) is 2. The molecule has 116 valence electrons. The predicted octanol–water partition coefficient (Wildman–Crippen LogP) is 2.22. The first-order valence-corrected chi connectivity index (χ1v) is 8.51. The first-order chi connectivity index (χ1) is 9.81. The van der Waals surface area contributed by atoms with Crippen molar-refractivity contribution in [1.82, 2.24) is 15.5 Å². The summed E-state index contributed by atoms with van der Waals surface area (Å²) in [5.74, 6) is 1.99. The number of nitrogens with zero attached hydrogens (tertiary/aromatic N) is 2. The molecule has 2 rings (SSSR count). The Balaban J connectivity index is 1.59. The Hall–Kier alpha value is -0.770. The Morgan fingerprint density at radius 3 is 2.55 bits per heavy atom. The summed E-state index contributed by atoms with van der Waals surface area (Å²) >= 11 is 0. The summed E-state index contributed by atoms with van der Waals surface area (Å²) in [6.07, 6.45) is 9.29. The van der Waals surface area contributed by atoms with Gasteiger partial charge in [0.2, 0.25) is 0 Å². The van der Waals surface area contributed by atoms with Crippen LogP contribution >= 0.6 is 0 Å². The third kappa shape index (κ3) is 5.70. The van der Waals surface area contributed by atoms with Crippen molar-refractivity contribution >= 4 is 5.96 Å². The molecule has 20 heavy (non-hydrogen) atoms. The average Bonchev–Trinajstić information content (AvgIpc) is 3.29. The highest BCUT2D eigenvalue weighted by Gasteiger charge is 2.21. The fourth-order valence-electron chi connectivity index (χ4n) is 2.87. The van der Waals surface area contributed by atoms with E-state index < -0.39 is 0 Å².